The van der Waals surface area contributed by atoms with E-state index in [9.17, 15) is 35.1 Å². The molecule has 0 saturated carbocycles. The molecule has 2 aromatic carbocycles. The number of aliphatic hydroxyl groups excluding tert-OH is 4. The molecule has 0 bridgehead atoms. The van der Waals surface area contributed by atoms with E-state index in [1.165, 1.54) is 0 Å². The number of halogens is 8. The summed E-state index contributed by atoms with van der Waals surface area (Å²) in [7, 11) is 0. The Bertz CT molecular complexity index is 802. The van der Waals surface area contributed by atoms with E-state index in [0.717, 1.165) is 13.8 Å². The molecule has 200 valence electrons. The van der Waals surface area contributed by atoms with Crippen molar-refractivity contribution in [3.05, 3.63) is 68.8 Å². The van der Waals surface area contributed by atoms with Crippen molar-refractivity contribution in [2.24, 2.45) is 0 Å². The molecule has 0 fully saturated rings. The first kappa shape index (κ1) is 38.1. The zero-order valence-corrected chi connectivity index (χ0v) is 22.3. The molecule has 2 aromatic rings. The van der Waals surface area contributed by atoms with Gasteiger partial charge in [-0.2, -0.15) is 0 Å². The molecule has 0 aliphatic heterocycles. The van der Waals surface area contributed by atoms with Gasteiger partial charge in [0.2, 0.25) is 0 Å². The van der Waals surface area contributed by atoms with Crippen LogP contribution in [0.1, 0.15) is 49.9 Å². The van der Waals surface area contributed by atoms with Crippen molar-refractivity contribution in [2.45, 2.75) is 67.0 Å². The Morgan fingerprint density at radius 2 is 0.629 bits per heavy atom. The molecule has 0 aromatic heterocycles. The van der Waals surface area contributed by atoms with Crippen molar-refractivity contribution in [3.63, 3.8) is 0 Å². The summed E-state index contributed by atoms with van der Waals surface area (Å²) in [6, 6.07) is 0. The van der Waals surface area contributed by atoms with Crippen LogP contribution in [0.2, 0.25) is 0 Å². The van der Waals surface area contributed by atoms with E-state index in [1.807, 2.05) is 0 Å². The zero-order valence-electron chi connectivity index (χ0n) is 19.9. The molecule has 0 spiro atoms. The number of benzene rings is 2. The van der Waals surface area contributed by atoms with Crippen LogP contribution < -0.4 is 0 Å². The number of hydrogen-bond donors (Lipinski definition) is 4. The molecule has 35 heavy (non-hydrogen) atoms. The summed E-state index contributed by atoms with van der Waals surface area (Å²) < 4.78 is 102. The topological polar surface area (TPSA) is 80.9 Å². The van der Waals surface area contributed by atoms with Crippen LogP contribution in [0, 0.1) is 60.4 Å². The zero-order chi connectivity index (χ0) is 27.5. The van der Waals surface area contributed by atoms with Gasteiger partial charge in [0.15, 0.2) is 46.5 Å². The summed E-state index contributed by atoms with van der Waals surface area (Å²) in [6.07, 6.45) is -0.333. The van der Waals surface area contributed by atoms with E-state index >= 15 is 0 Å². The minimum absolute atomic E-state index is 0. The fourth-order valence-corrected chi connectivity index (χ4v) is 1.85. The first-order valence-electron chi connectivity index (χ1n) is 9.68. The Labute approximate surface area is 217 Å². The van der Waals surface area contributed by atoms with Crippen LogP contribution in [0.3, 0.4) is 0 Å². The third-order valence-corrected chi connectivity index (χ3v) is 3.46. The molecule has 0 aliphatic rings. The van der Waals surface area contributed by atoms with Gasteiger partial charge in [0.25, 0.3) is 0 Å². The summed E-state index contributed by atoms with van der Waals surface area (Å²) in [5.74, 6) is -12.0. The normalized spacial score (nSPS) is 9.94. The van der Waals surface area contributed by atoms with Gasteiger partial charge >= 0.3 is 0 Å². The van der Waals surface area contributed by atoms with Gasteiger partial charge in [0.05, 0.1) is 24.3 Å². The summed E-state index contributed by atoms with van der Waals surface area (Å²) >= 11 is 0. The van der Waals surface area contributed by atoms with Gasteiger partial charge in [0.1, 0.15) is 0 Å². The molecule has 13 heteroatoms. The maximum absolute atomic E-state index is 12.8. The molecule has 0 radical (unpaired) electrons. The molecule has 2 rings (SSSR count). The van der Waals surface area contributed by atoms with Crippen LogP contribution in [0.25, 0.3) is 0 Å². The number of aliphatic hydroxyl groups is 4. The average molecular weight is 600 g/mol. The predicted octanol–water partition coefficient (Wildman–Crippen LogP) is 4.86. The van der Waals surface area contributed by atoms with Gasteiger partial charge in [-0.1, -0.05) is 0 Å². The van der Waals surface area contributed by atoms with Crippen LogP contribution in [-0.2, 0) is 39.4 Å². The molecule has 0 saturated heterocycles. The molecule has 4 N–H and O–H groups in total. The van der Waals surface area contributed by atoms with Crippen LogP contribution in [0.5, 0.6) is 0 Å². The molecule has 0 heterocycles. The van der Waals surface area contributed by atoms with E-state index in [1.54, 1.807) is 27.7 Å². The Balaban J connectivity index is -0.000000440. The Hall–Kier alpha value is -1.40. The molecular weight excluding hydrogens is 571 g/mol. The van der Waals surface area contributed by atoms with Crippen molar-refractivity contribution in [1.29, 1.82) is 0 Å². The van der Waals surface area contributed by atoms with Crippen molar-refractivity contribution in [3.8, 4) is 0 Å². The summed E-state index contributed by atoms with van der Waals surface area (Å²) in [4.78, 5) is 0. The Morgan fingerprint density at radius 3 is 0.743 bits per heavy atom. The van der Waals surface area contributed by atoms with E-state index in [0.29, 0.717) is 0 Å². The summed E-state index contributed by atoms with van der Waals surface area (Å²) in [5.41, 5.74) is -3.43. The smallest absolute Gasteiger partial charge is 0.167 e. The first-order chi connectivity index (χ1) is 15.5. The van der Waals surface area contributed by atoms with Crippen LogP contribution >= 0.6 is 0 Å². The molecule has 0 atom stereocenters. The largest absolute Gasteiger partial charge is 0.394 e. The SMILES string of the molecule is CC(C)O.CC(C)O.Cc1c(F)c(F)c(CO)c(F)c1F.Cc1c(F)c(F)c(CO)c(F)c1F.[Zr]. The summed E-state index contributed by atoms with van der Waals surface area (Å²) in [5, 5.41) is 33.0. The van der Waals surface area contributed by atoms with Crippen molar-refractivity contribution in [1.82, 2.24) is 0 Å². The monoisotopic (exact) mass is 598 g/mol. The summed E-state index contributed by atoms with van der Waals surface area (Å²) in [6.45, 7) is 6.56. The first-order valence-corrected chi connectivity index (χ1v) is 9.68. The third-order valence-electron chi connectivity index (χ3n) is 3.46. The Kier molecular flexibility index (Phi) is 19.5. The fourth-order valence-electron chi connectivity index (χ4n) is 1.85. The third kappa shape index (κ3) is 11.9. The maximum Gasteiger partial charge on any atom is 0.167 e. The van der Waals surface area contributed by atoms with Crippen molar-refractivity contribution in [2.75, 3.05) is 0 Å². The van der Waals surface area contributed by atoms with E-state index in [2.05, 4.69) is 0 Å². The van der Waals surface area contributed by atoms with Gasteiger partial charge in [0, 0.05) is 49.5 Å². The van der Waals surface area contributed by atoms with Gasteiger partial charge < -0.3 is 20.4 Å². The fraction of sp³-hybridized carbons (Fsp3) is 0.455. The van der Waals surface area contributed by atoms with Crippen LogP contribution in [0.15, 0.2) is 0 Å². The Morgan fingerprint density at radius 1 is 0.486 bits per heavy atom. The maximum atomic E-state index is 12.8. The van der Waals surface area contributed by atoms with Crippen LogP contribution in [-0.4, -0.2) is 32.6 Å². The standard InChI is InChI=1S/2C8H6F4O.2C3H8O.Zr/c2*1-3-5(9)7(11)4(2-13)8(12)6(3)10;2*1-3(2)4;/h2*13H,2H2,1H3;2*3-4H,1-2H3;. The predicted molar refractivity (Wildman–Crippen MR) is 109 cm³/mol. The molecular formula is C22H28F8O4Zr. The van der Waals surface area contributed by atoms with E-state index in [4.69, 9.17) is 20.4 Å². The number of rotatable bonds is 2. The molecule has 0 unspecified atom stereocenters. The van der Waals surface area contributed by atoms with Gasteiger partial charge in [-0.15, -0.1) is 0 Å². The molecule has 4 nitrogen and oxygen atoms in total. The minimum Gasteiger partial charge on any atom is -0.394 e. The minimum atomic E-state index is -1.54. The average Bonchev–Trinajstić information content (AvgIpc) is 2.74. The second-order valence-corrected chi connectivity index (χ2v) is 7.22. The van der Waals surface area contributed by atoms with Gasteiger partial charge in [-0.05, 0) is 41.5 Å². The second kappa shape index (κ2) is 17.9. The van der Waals surface area contributed by atoms with E-state index < -0.39 is 82.0 Å². The van der Waals surface area contributed by atoms with Crippen molar-refractivity contribution < 1.29 is 81.8 Å². The van der Waals surface area contributed by atoms with Gasteiger partial charge in [-0.25, -0.2) is 35.1 Å². The number of hydrogen-bond acceptors (Lipinski definition) is 4. The van der Waals surface area contributed by atoms with E-state index in [-0.39, 0.29) is 38.4 Å². The van der Waals surface area contributed by atoms with Crippen molar-refractivity contribution >= 4 is 0 Å². The molecule has 0 aliphatic carbocycles. The quantitative estimate of drug-likeness (QED) is 0.294. The molecule has 0 amide bonds. The van der Waals surface area contributed by atoms with Crippen LogP contribution in [0.4, 0.5) is 35.1 Å². The second-order valence-electron chi connectivity index (χ2n) is 7.22. The van der Waals surface area contributed by atoms with Gasteiger partial charge in [-0.3, -0.25) is 0 Å².